The number of anilines is 1. The van der Waals surface area contributed by atoms with Gasteiger partial charge in [0.25, 0.3) is 5.91 Å². The number of nitrogens with one attached hydrogen (secondary N) is 1. The molecule has 1 amide bonds. The molecule has 1 aromatic heterocycles. The van der Waals surface area contributed by atoms with E-state index in [9.17, 15) is 4.79 Å². The second kappa shape index (κ2) is 5.83. The van der Waals surface area contributed by atoms with Crippen LogP contribution in [0.5, 0.6) is 0 Å². The van der Waals surface area contributed by atoms with Crippen LogP contribution in [0.1, 0.15) is 15.9 Å². The number of nitriles is 1. The number of aromatic nitrogens is 1. The van der Waals surface area contributed by atoms with Crippen LogP contribution < -0.4 is 5.32 Å². The van der Waals surface area contributed by atoms with E-state index in [0.717, 1.165) is 0 Å². The molecule has 0 aliphatic carbocycles. The van der Waals surface area contributed by atoms with Crippen molar-refractivity contribution in [2.24, 2.45) is 0 Å². The van der Waals surface area contributed by atoms with Crippen LogP contribution in [0.25, 0.3) is 0 Å². The lowest BCUT2D eigenvalue weighted by Crippen LogP contribution is -2.12. The molecule has 0 unspecified atom stereocenters. The van der Waals surface area contributed by atoms with Gasteiger partial charge in [-0.25, -0.2) is 4.98 Å². The van der Waals surface area contributed by atoms with Crippen LogP contribution in [0, 0.1) is 11.3 Å². The van der Waals surface area contributed by atoms with Gasteiger partial charge >= 0.3 is 0 Å². The van der Waals surface area contributed by atoms with E-state index >= 15 is 0 Å². The molecule has 0 spiro atoms. The zero-order valence-corrected chi connectivity index (χ0v) is 11.9. The van der Waals surface area contributed by atoms with Crippen molar-refractivity contribution in [3.05, 3.63) is 57.3 Å². The third-order valence-electron chi connectivity index (χ3n) is 2.31. The molecule has 0 saturated carbocycles. The molecule has 1 heterocycles. The number of nitrogens with zero attached hydrogens (tertiary/aromatic N) is 2. The van der Waals surface area contributed by atoms with Gasteiger partial charge in [-0.05, 0) is 40.2 Å². The van der Waals surface area contributed by atoms with E-state index < -0.39 is 0 Å². The van der Waals surface area contributed by atoms with Crippen molar-refractivity contribution in [2.75, 3.05) is 5.32 Å². The number of carbonyl (C=O) groups excluding carboxylic acids is 1. The van der Waals surface area contributed by atoms with Crippen LogP contribution in [0.4, 0.5) is 5.69 Å². The molecule has 0 atom stereocenters. The van der Waals surface area contributed by atoms with E-state index in [1.807, 2.05) is 6.07 Å². The van der Waals surface area contributed by atoms with E-state index in [4.69, 9.17) is 16.9 Å². The molecular weight excluding hydrogens is 330 g/mol. The van der Waals surface area contributed by atoms with Crippen molar-refractivity contribution in [3.63, 3.8) is 0 Å². The van der Waals surface area contributed by atoms with Crippen LogP contribution in [0.2, 0.25) is 5.15 Å². The summed E-state index contributed by atoms with van der Waals surface area (Å²) in [4.78, 5) is 15.9. The number of pyridine rings is 1. The third kappa shape index (κ3) is 3.31. The molecule has 0 fully saturated rings. The quantitative estimate of drug-likeness (QED) is 0.852. The van der Waals surface area contributed by atoms with Crippen LogP contribution in [-0.2, 0) is 0 Å². The first-order valence-electron chi connectivity index (χ1n) is 5.22. The average Bonchev–Trinajstić information content (AvgIpc) is 2.43. The summed E-state index contributed by atoms with van der Waals surface area (Å²) in [6.07, 6.45) is 1.46. The molecular formula is C13H7BrClN3O. The van der Waals surface area contributed by atoms with Gasteiger partial charge in [-0.15, -0.1) is 0 Å². The molecule has 94 valence electrons. The van der Waals surface area contributed by atoms with E-state index in [1.165, 1.54) is 12.3 Å². The molecule has 0 bridgehead atoms. The molecule has 6 heteroatoms. The number of hydrogen-bond acceptors (Lipinski definition) is 3. The fraction of sp³-hybridized carbons (Fsp3) is 0. The summed E-state index contributed by atoms with van der Waals surface area (Å²) in [6, 6.07) is 10.1. The Morgan fingerprint density at radius 1 is 1.42 bits per heavy atom. The first-order valence-corrected chi connectivity index (χ1v) is 6.40. The zero-order valence-electron chi connectivity index (χ0n) is 9.52. The predicted octanol–water partition coefficient (Wildman–Crippen LogP) is 3.62. The van der Waals surface area contributed by atoms with Gasteiger partial charge in [0.05, 0.1) is 28.0 Å². The van der Waals surface area contributed by atoms with Crippen molar-refractivity contribution in [1.29, 1.82) is 5.26 Å². The molecule has 1 aromatic carbocycles. The standard InChI is InChI=1S/C13H7BrClN3O/c14-11-5-10(7-17-12(11)15)18-13(19)9-3-1-2-8(4-9)6-16/h1-5,7H,(H,18,19). The molecule has 0 aliphatic rings. The number of hydrogen-bond donors (Lipinski definition) is 1. The summed E-state index contributed by atoms with van der Waals surface area (Å²) in [7, 11) is 0. The van der Waals surface area contributed by atoms with Gasteiger partial charge in [0.2, 0.25) is 0 Å². The van der Waals surface area contributed by atoms with Crippen LogP contribution in [0.3, 0.4) is 0 Å². The number of amides is 1. The summed E-state index contributed by atoms with van der Waals surface area (Å²) in [5.41, 5.74) is 1.36. The Bertz CT molecular complexity index is 682. The fourth-order valence-corrected chi connectivity index (χ4v) is 1.88. The summed E-state index contributed by atoms with van der Waals surface area (Å²) >= 11 is 8.99. The van der Waals surface area contributed by atoms with Gasteiger partial charge in [0.1, 0.15) is 5.15 Å². The lowest BCUT2D eigenvalue weighted by atomic mass is 10.1. The molecule has 2 aromatic rings. The maximum atomic E-state index is 12.0. The third-order valence-corrected chi connectivity index (χ3v) is 3.44. The monoisotopic (exact) mass is 335 g/mol. The summed E-state index contributed by atoms with van der Waals surface area (Å²) in [5, 5.41) is 11.8. The van der Waals surface area contributed by atoms with E-state index in [1.54, 1.807) is 24.3 Å². The molecule has 0 radical (unpaired) electrons. The van der Waals surface area contributed by atoms with Crippen molar-refractivity contribution in [3.8, 4) is 6.07 Å². The van der Waals surface area contributed by atoms with Gasteiger partial charge < -0.3 is 5.32 Å². The molecule has 2 rings (SSSR count). The topological polar surface area (TPSA) is 65.8 Å². The van der Waals surface area contributed by atoms with Crippen molar-refractivity contribution >= 4 is 39.1 Å². The number of benzene rings is 1. The lowest BCUT2D eigenvalue weighted by molar-refractivity contribution is 0.102. The second-order valence-electron chi connectivity index (χ2n) is 3.64. The van der Waals surface area contributed by atoms with Gasteiger partial charge in [0, 0.05) is 5.56 Å². The summed E-state index contributed by atoms with van der Waals surface area (Å²) < 4.78 is 0.595. The van der Waals surface area contributed by atoms with E-state index in [2.05, 4.69) is 26.2 Å². The molecule has 0 saturated heterocycles. The predicted molar refractivity (Wildman–Crippen MR) is 76.1 cm³/mol. The van der Waals surface area contributed by atoms with E-state index in [0.29, 0.717) is 26.4 Å². The highest BCUT2D eigenvalue weighted by Crippen LogP contribution is 2.23. The number of halogens is 2. The highest BCUT2D eigenvalue weighted by molar-refractivity contribution is 9.10. The van der Waals surface area contributed by atoms with E-state index in [-0.39, 0.29) is 5.91 Å². The fourth-order valence-electron chi connectivity index (χ4n) is 1.42. The van der Waals surface area contributed by atoms with Crippen LogP contribution >= 0.6 is 27.5 Å². The highest BCUT2D eigenvalue weighted by atomic mass is 79.9. The summed E-state index contributed by atoms with van der Waals surface area (Å²) in [6.45, 7) is 0. The minimum atomic E-state index is -0.312. The number of carbonyl (C=O) groups is 1. The Hall–Kier alpha value is -1.90. The van der Waals surface area contributed by atoms with Gasteiger partial charge in [-0.2, -0.15) is 5.26 Å². The Kier molecular flexibility index (Phi) is 4.15. The maximum absolute atomic E-state index is 12.0. The Balaban J connectivity index is 2.21. The minimum Gasteiger partial charge on any atom is -0.321 e. The summed E-state index contributed by atoms with van der Waals surface area (Å²) in [5.74, 6) is -0.312. The Morgan fingerprint density at radius 3 is 2.89 bits per heavy atom. The van der Waals surface area contributed by atoms with Gasteiger partial charge in [0.15, 0.2) is 0 Å². The SMILES string of the molecule is N#Cc1cccc(C(=O)Nc2cnc(Cl)c(Br)c2)c1. The highest BCUT2D eigenvalue weighted by Gasteiger charge is 2.08. The number of rotatable bonds is 2. The Morgan fingerprint density at radius 2 is 2.21 bits per heavy atom. The van der Waals surface area contributed by atoms with Gasteiger partial charge in [-0.3, -0.25) is 4.79 Å². The molecule has 1 N–H and O–H groups in total. The lowest BCUT2D eigenvalue weighted by Gasteiger charge is -2.06. The first-order chi connectivity index (χ1) is 9.10. The Labute approximate surface area is 123 Å². The van der Waals surface area contributed by atoms with Gasteiger partial charge in [-0.1, -0.05) is 17.7 Å². The smallest absolute Gasteiger partial charge is 0.255 e. The molecule has 0 aliphatic heterocycles. The maximum Gasteiger partial charge on any atom is 0.255 e. The van der Waals surface area contributed by atoms with Crippen LogP contribution in [0.15, 0.2) is 41.0 Å². The van der Waals surface area contributed by atoms with Crippen LogP contribution in [-0.4, -0.2) is 10.9 Å². The minimum absolute atomic E-state index is 0.312. The van der Waals surface area contributed by atoms with Crippen molar-refractivity contribution in [1.82, 2.24) is 4.98 Å². The molecule has 4 nitrogen and oxygen atoms in total. The normalized spacial score (nSPS) is 9.74. The second-order valence-corrected chi connectivity index (χ2v) is 4.86. The molecule has 19 heavy (non-hydrogen) atoms. The average molecular weight is 337 g/mol. The van der Waals surface area contributed by atoms with Crippen molar-refractivity contribution < 1.29 is 4.79 Å². The zero-order chi connectivity index (χ0) is 13.8. The first kappa shape index (κ1) is 13.5. The van der Waals surface area contributed by atoms with Crippen molar-refractivity contribution in [2.45, 2.75) is 0 Å². The largest absolute Gasteiger partial charge is 0.321 e.